The minimum atomic E-state index is -1.09. The molecular formula is C11H9BrClN3O2. The highest BCUT2D eigenvalue weighted by Crippen LogP contribution is 2.27. The largest absolute Gasteiger partial charge is 0.478 e. The Kier molecular flexibility index (Phi) is 3.41. The van der Waals surface area contributed by atoms with E-state index in [1.54, 1.807) is 0 Å². The normalized spacial score (nSPS) is 10.7. The van der Waals surface area contributed by atoms with E-state index in [0.717, 1.165) is 15.9 Å². The van der Waals surface area contributed by atoms with Crippen molar-refractivity contribution in [1.29, 1.82) is 0 Å². The molecule has 0 radical (unpaired) electrons. The molecule has 0 fully saturated rings. The van der Waals surface area contributed by atoms with Crippen molar-refractivity contribution in [2.24, 2.45) is 0 Å². The molecule has 0 saturated heterocycles. The van der Waals surface area contributed by atoms with E-state index in [1.165, 1.54) is 16.9 Å². The van der Waals surface area contributed by atoms with Crippen LogP contribution in [-0.2, 0) is 0 Å². The van der Waals surface area contributed by atoms with Gasteiger partial charge in [-0.1, -0.05) is 11.6 Å². The number of rotatable bonds is 2. The zero-order chi connectivity index (χ0) is 13.4. The lowest BCUT2D eigenvalue weighted by Gasteiger charge is -2.07. The highest BCUT2D eigenvalue weighted by molar-refractivity contribution is 9.10. The maximum Gasteiger partial charge on any atom is 0.337 e. The van der Waals surface area contributed by atoms with E-state index in [4.69, 9.17) is 16.7 Å². The third kappa shape index (κ3) is 2.02. The number of carboxylic acids is 1. The average molecular weight is 331 g/mol. The van der Waals surface area contributed by atoms with Crippen LogP contribution in [0.5, 0.6) is 0 Å². The predicted molar refractivity (Wildman–Crippen MR) is 70.5 cm³/mol. The fraction of sp³-hybridized carbons (Fsp3) is 0.182. The maximum absolute atomic E-state index is 11.0. The zero-order valence-electron chi connectivity index (χ0n) is 9.61. The van der Waals surface area contributed by atoms with Crippen LogP contribution in [0.4, 0.5) is 0 Å². The van der Waals surface area contributed by atoms with Gasteiger partial charge < -0.3 is 5.11 Å². The Bertz CT molecular complexity index is 639. The molecule has 94 valence electrons. The van der Waals surface area contributed by atoms with Gasteiger partial charge in [-0.25, -0.2) is 14.5 Å². The number of pyridine rings is 1. The van der Waals surface area contributed by atoms with E-state index in [2.05, 4.69) is 26.0 Å². The summed E-state index contributed by atoms with van der Waals surface area (Å²) in [7, 11) is 0. The minimum Gasteiger partial charge on any atom is -0.478 e. The molecule has 0 spiro atoms. The summed E-state index contributed by atoms with van der Waals surface area (Å²) in [6.07, 6.45) is 1.40. The molecule has 0 bridgehead atoms. The fourth-order valence-electron chi connectivity index (χ4n) is 1.58. The van der Waals surface area contributed by atoms with Crippen molar-refractivity contribution in [1.82, 2.24) is 14.8 Å². The lowest BCUT2D eigenvalue weighted by atomic mass is 10.2. The third-order valence-electron chi connectivity index (χ3n) is 2.50. The Labute approximate surface area is 117 Å². The van der Waals surface area contributed by atoms with Gasteiger partial charge in [-0.15, -0.1) is 0 Å². The van der Waals surface area contributed by atoms with Gasteiger partial charge in [0.05, 0.1) is 26.4 Å². The van der Waals surface area contributed by atoms with E-state index in [9.17, 15) is 4.79 Å². The topological polar surface area (TPSA) is 68.0 Å². The van der Waals surface area contributed by atoms with Crippen LogP contribution in [0.1, 0.15) is 21.7 Å². The lowest BCUT2D eigenvalue weighted by molar-refractivity contribution is 0.0697. The van der Waals surface area contributed by atoms with Gasteiger partial charge in [0.15, 0.2) is 5.82 Å². The monoisotopic (exact) mass is 329 g/mol. The van der Waals surface area contributed by atoms with Crippen LogP contribution in [-0.4, -0.2) is 25.8 Å². The van der Waals surface area contributed by atoms with Gasteiger partial charge in [-0.05, 0) is 35.8 Å². The number of hydrogen-bond acceptors (Lipinski definition) is 3. The van der Waals surface area contributed by atoms with Gasteiger partial charge in [-0.3, -0.25) is 0 Å². The molecule has 0 unspecified atom stereocenters. The van der Waals surface area contributed by atoms with Crippen LogP contribution >= 0.6 is 27.5 Å². The van der Waals surface area contributed by atoms with Crippen molar-refractivity contribution in [3.63, 3.8) is 0 Å². The molecule has 0 aliphatic carbocycles. The standard InChI is InChI=1S/C11H9BrClN3O2/c1-5-8(12)6(2)16(15-5)10-9(13)7(11(17)18)3-4-14-10/h3-4H,1-2H3,(H,17,18). The molecule has 2 aromatic heterocycles. The molecule has 18 heavy (non-hydrogen) atoms. The Morgan fingerprint density at radius 3 is 2.67 bits per heavy atom. The number of aromatic carboxylic acids is 1. The van der Waals surface area contributed by atoms with E-state index in [1.807, 2.05) is 13.8 Å². The lowest BCUT2D eigenvalue weighted by Crippen LogP contribution is -2.07. The molecule has 0 aliphatic heterocycles. The number of carboxylic acid groups (broad SMARTS) is 1. The molecule has 2 rings (SSSR count). The molecule has 2 aromatic rings. The molecule has 0 amide bonds. The molecule has 0 aliphatic rings. The number of carbonyl (C=O) groups is 1. The molecule has 5 nitrogen and oxygen atoms in total. The first-order valence-electron chi connectivity index (χ1n) is 5.03. The highest BCUT2D eigenvalue weighted by Gasteiger charge is 2.18. The molecule has 0 saturated carbocycles. The van der Waals surface area contributed by atoms with Crippen molar-refractivity contribution in [3.05, 3.63) is 38.7 Å². The number of halogens is 2. The average Bonchev–Trinajstić information content (AvgIpc) is 2.57. The summed E-state index contributed by atoms with van der Waals surface area (Å²) >= 11 is 9.45. The number of nitrogens with zero attached hydrogens (tertiary/aromatic N) is 3. The van der Waals surface area contributed by atoms with Crippen molar-refractivity contribution >= 4 is 33.5 Å². The predicted octanol–water partition coefficient (Wildman–Crippen LogP) is 3.00. The molecule has 2 heterocycles. The summed E-state index contributed by atoms with van der Waals surface area (Å²) in [5, 5.41) is 13.4. The van der Waals surface area contributed by atoms with E-state index in [-0.39, 0.29) is 10.6 Å². The first-order valence-corrected chi connectivity index (χ1v) is 6.20. The van der Waals surface area contributed by atoms with E-state index < -0.39 is 5.97 Å². The molecule has 1 N–H and O–H groups in total. The van der Waals surface area contributed by atoms with Gasteiger partial charge in [0.25, 0.3) is 0 Å². The van der Waals surface area contributed by atoms with Crippen LogP contribution in [0.3, 0.4) is 0 Å². The van der Waals surface area contributed by atoms with Crippen LogP contribution in [0, 0.1) is 13.8 Å². The number of aryl methyl sites for hydroxylation is 1. The van der Waals surface area contributed by atoms with Gasteiger partial charge in [0.1, 0.15) is 0 Å². The molecular weight excluding hydrogens is 321 g/mol. The van der Waals surface area contributed by atoms with Gasteiger partial charge >= 0.3 is 5.97 Å². The second kappa shape index (κ2) is 4.70. The van der Waals surface area contributed by atoms with Crippen molar-refractivity contribution in [2.45, 2.75) is 13.8 Å². The summed E-state index contributed by atoms with van der Waals surface area (Å²) in [4.78, 5) is 15.1. The van der Waals surface area contributed by atoms with Crippen molar-refractivity contribution in [2.75, 3.05) is 0 Å². The molecule has 0 atom stereocenters. The van der Waals surface area contributed by atoms with E-state index in [0.29, 0.717) is 5.82 Å². The third-order valence-corrected chi connectivity index (χ3v) is 4.03. The van der Waals surface area contributed by atoms with Crippen LogP contribution in [0.25, 0.3) is 5.82 Å². The Hall–Kier alpha value is -1.40. The fourth-order valence-corrected chi connectivity index (χ4v) is 2.10. The minimum absolute atomic E-state index is 0.00495. The summed E-state index contributed by atoms with van der Waals surface area (Å²) in [5.74, 6) is -0.785. The van der Waals surface area contributed by atoms with Crippen LogP contribution < -0.4 is 0 Å². The number of aromatic nitrogens is 3. The smallest absolute Gasteiger partial charge is 0.337 e. The van der Waals surface area contributed by atoms with Gasteiger partial charge in [-0.2, -0.15) is 5.10 Å². The number of hydrogen-bond donors (Lipinski definition) is 1. The summed E-state index contributed by atoms with van der Waals surface area (Å²) in [6, 6.07) is 1.36. The van der Waals surface area contributed by atoms with E-state index >= 15 is 0 Å². The first-order chi connectivity index (χ1) is 8.43. The highest BCUT2D eigenvalue weighted by atomic mass is 79.9. The van der Waals surface area contributed by atoms with Gasteiger partial charge in [0, 0.05) is 6.20 Å². The zero-order valence-corrected chi connectivity index (χ0v) is 11.9. The van der Waals surface area contributed by atoms with Gasteiger partial charge in [0.2, 0.25) is 0 Å². The Balaban J connectivity index is 2.68. The first kappa shape index (κ1) is 13.0. The SMILES string of the molecule is Cc1nn(-c2nccc(C(=O)O)c2Cl)c(C)c1Br. The quantitative estimate of drug-likeness (QED) is 0.919. The van der Waals surface area contributed by atoms with Crippen LogP contribution in [0.15, 0.2) is 16.7 Å². The maximum atomic E-state index is 11.0. The summed E-state index contributed by atoms with van der Waals surface area (Å²) < 4.78 is 2.37. The summed E-state index contributed by atoms with van der Waals surface area (Å²) in [5.41, 5.74) is 1.60. The molecule has 0 aromatic carbocycles. The second-order valence-electron chi connectivity index (χ2n) is 3.70. The van der Waals surface area contributed by atoms with Crippen LogP contribution in [0.2, 0.25) is 5.02 Å². The summed E-state index contributed by atoms with van der Waals surface area (Å²) in [6.45, 7) is 3.68. The Morgan fingerprint density at radius 2 is 2.17 bits per heavy atom. The molecule has 7 heteroatoms. The van der Waals surface area contributed by atoms with Crippen molar-refractivity contribution < 1.29 is 9.90 Å². The second-order valence-corrected chi connectivity index (χ2v) is 4.87. The van der Waals surface area contributed by atoms with Crippen molar-refractivity contribution in [3.8, 4) is 5.82 Å². The Morgan fingerprint density at radius 1 is 1.50 bits per heavy atom.